The highest BCUT2D eigenvalue weighted by atomic mass is 19.4. The Labute approximate surface area is 117 Å². The van der Waals surface area contributed by atoms with Crippen molar-refractivity contribution in [2.45, 2.75) is 6.36 Å². The zero-order chi connectivity index (χ0) is 15.6. The van der Waals surface area contributed by atoms with E-state index in [2.05, 4.69) is 14.5 Å². The molecule has 0 saturated carbocycles. The molecule has 1 aromatic carbocycles. The Bertz CT molecular complexity index is 648. The normalized spacial score (nSPS) is 11.3. The second kappa shape index (κ2) is 5.47. The van der Waals surface area contributed by atoms with Crippen molar-refractivity contribution in [2.24, 2.45) is 7.05 Å². The van der Waals surface area contributed by atoms with Gasteiger partial charge in [0, 0.05) is 12.6 Å². The molecule has 0 aliphatic heterocycles. The first-order valence-corrected chi connectivity index (χ1v) is 5.78. The lowest BCUT2D eigenvalue weighted by Crippen LogP contribution is -2.17. The van der Waals surface area contributed by atoms with E-state index >= 15 is 0 Å². The Balaban J connectivity index is 2.27. The average molecular weight is 300 g/mol. The predicted octanol–water partition coefficient (Wildman–Crippen LogP) is 2.77. The van der Waals surface area contributed by atoms with Crippen LogP contribution in [0.3, 0.4) is 0 Å². The van der Waals surface area contributed by atoms with Gasteiger partial charge in [0.1, 0.15) is 17.3 Å². The molecule has 5 nitrogen and oxygen atoms in total. The van der Waals surface area contributed by atoms with E-state index in [1.54, 1.807) is 7.05 Å². The molecule has 8 heteroatoms. The summed E-state index contributed by atoms with van der Waals surface area (Å²) in [5.41, 5.74) is 0.783. The molecule has 2 rings (SSSR count). The number of hydrogen-bond acceptors (Lipinski definition) is 4. The molecule has 0 radical (unpaired) electrons. The highest BCUT2D eigenvalue weighted by Gasteiger charge is 2.31. The summed E-state index contributed by atoms with van der Waals surface area (Å²) in [6.07, 6.45) is -3.40. The molecule has 0 fully saturated rings. The van der Waals surface area contributed by atoms with Gasteiger partial charge in [-0.15, -0.1) is 13.2 Å². The van der Waals surface area contributed by atoms with Crippen LogP contribution >= 0.6 is 0 Å². The van der Waals surface area contributed by atoms with Gasteiger partial charge in [-0.2, -0.15) is 0 Å². The van der Waals surface area contributed by atoms with Crippen LogP contribution in [0.15, 0.2) is 30.5 Å². The van der Waals surface area contributed by atoms with Gasteiger partial charge >= 0.3 is 12.3 Å². The molecule has 2 aromatic rings. The smallest absolute Gasteiger partial charge is 0.464 e. The fourth-order valence-electron chi connectivity index (χ4n) is 1.78. The maximum Gasteiger partial charge on any atom is 0.573 e. The van der Waals surface area contributed by atoms with Crippen molar-refractivity contribution in [2.75, 3.05) is 7.11 Å². The van der Waals surface area contributed by atoms with Crippen LogP contribution in [0.1, 0.15) is 10.5 Å². The third kappa shape index (κ3) is 3.33. The molecule has 112 valence electrons. The molecule has 0 unspecified atom stereocenters. The van der Waals surface area contributed by atoms with E-state index in [0.717, 1.165) is 0 Å². The molecule has 0 saturated heterocycles. The zero-order valence-corrected chi connectivity index (χ0v) is 11.1. The van der Waals surface area contributed by atoms with E-state index < -0.39 is 12.3 Å². The number of methoxy groups -OCH3 is 1. The number of rotatable bonds is 3. The molecule has 0 aliphatic carbocycles. The lowest BCUT2D eigenvalue weighted by molar-refractivity contribution is -0.274. The molecule has 0 N–H and O–H groups in total. The standard InChI is InChI=1S/C13H11F3N2O3/c1-18-10(12(19)20-2)7-17-11(18)8-3-5-9(6-4-8)21-13(14,15)16/h3-7H,1-2H3. The van der Waals surface area contributed by atoms with Crippen molar-refractivity contribution in [3.05, 3.63) is 36.2 Å². The molecular formula is C13H11F3N2O3. The largest absolute Gasteiger partial charge is 0.573 e. The topological polar surface area (TPSA) is 53.4 Å². The molecular weight excluding hydrogens is 289 g/mol. The number of alkyl halides is 3. The van der Waals surface area contributed by atoms with Gasteiger partial charge in [0.2, 0.25) is 0 Å². The molecule has 0 spiro atoms. The van der Waals surface area contributed by atoms with Crippen LogP contribution in [0.4, 0.5) is 13.2 Å². The van der Waals surface area contributed by atoms with Gasteiger partial charge in [-0.1, -0.05) is 0 Å². The van der Waals surface area contributed by atoms with Crippen molar-refractivity contribution in [1.29, 1.82) is 0 Å². The van der Waals surface area contributed by atoms with Gasteiger partial charge < -0.3 is 14.0 Å². The zero-order valence-electron chi connectivity index (χ0n) is 11.1. The fourth-order valence-corrected chi connectivity index (χ4v) is 1.78. The minimum atomic E-state index is -4.73. The average Bonchev–Trinajstić information content (AvgIpc) is 2.79. The first kappa shape index (κ1) is 14.9. The van der Waals surface area contributed by atoms with Crippen molar-refractivity contribution in [3.8, 4) is 17.1 Å². The van der Waals surface area contributed by atoms with Crippen molar-refractivity contribution >= 4 is 5.97 Å². The van der Waals surface area contributed by atoms with Crippen molar-refractivity contribution < 1.29 is 27.4 Å². The van der Waals surface area contributed by atoms with Gasteiger partial charge in [0.25, 0.3) is 0 Å². The Hall–Kier alpha value is -2.51. The number of hydrogen-bond donors (Lipinski definition) is 0. The monoisotopic (exact) mass is 300 g/mol. The summed E-state index contributed by atoms with van der Waals surface area (Å²) in [4.78, 5) is 15.5. The first-order valence-electron chi connectivity index (χ1n) is 5.78. The van der Waals surface area contributed by atoms with Crippen molar-refractivity contribution in [3.63, 3.8) is 0 Å². The summed E-state index contributed by atoms with van der Waals surface area (Å²) in [6, 6.07) is 5.19. The lowest BCUT2D eigenvalue weighted by atomic mass is 10.2. The molecule has 1 heterocycles. The summed E-state index contributed by atoms with van der Waals surface area (Å²) in [6.45, 7) is 0. The minimum absolute atomic E-state index is 0.239. The number of aromatic nitrogens is 2. The number of esters is 1. The van der Waals surface area contributed by atoms with Crippen LogP contribution in [0.5, 0.6) is 5.75 Å². The molecule has 0 amide bonds. The second-order valence-electron chi connectivity index (χ2n) is 4.09. The van der Waals surface area contributed by atoms with Crippen LogP contribution in [-0.4, -0.2) is 29.0 Å². The molecule has 0 aliphatic rings. The van der Waals surface area contributed by atoms with Crippen LogP contribution in [0.25, 0.3) is 11.4 Å². The second-order valence-corrected chi connectivity index (χ2v) is 4.09. The number of halogens is 3. The highest BCUT2D eigenvalue weighted by Crippen LogP contribution is 2.26. The highest BCUT2D eigenvalue weighted by molar-refractivity contribution is 5.88. The summed E-state index contributed by atoms with van der Waals surface area (Å²) >= 11 is 0. The number of ether oxygens (including phenoxy) is 2. The van der Waals surface area contributed by atoms with E-state index in [0.29, 0.717) is 11.4 Å². The van der Waals surface area contributed by atoms with E-state index in [1.807, 2.05) is 0 Å². The lowest BCUT2D eigenvalue weighted by Gasteiger charge is -2.09. The Morgan fingerprint density at radius 1 is 1.24 bits per heavy atom. The van der Waals surface area contributed by atoms with Gasteiger partial charge in [0.15, 0.2) is 0 Å². The van der Waals surface area contributed by atoms with E-state index in [9.17, 15) is 18.0 Å². The first-order chi connectivity index (χ1) is 9.81. The van der Waals surface area contributed by atoms with Crippen LogP contribution in [0, 0.1) is 0 Å². The summed E-state index contributed by atoms with van der Waals surface area (Å²) < 4.78 is 46.1. The Kier molecular flexibility index (Phi) is 3.88. The van der Waals surface area contributed by atoms with Crippen molar-refractivity contribution in [1.82, 2.24) is 9.55 Å². The minimum Gasteiger partial charge on any atom is -0.464 e. The third-order valence-corrected chi connectivity index (χ3v) is 2.73. The molecule has 0 bridgehead atoms. The quantitative estimate of drug-likeness (QED) is 0.818. The van der Waals surface area contributed by atoms with Crippen LogP contribution in [-0.2, 0) is 11.8 Å². The van der Waals surface area contributed by atoms with Gasteiger partial charge in [-0.3, -0.25) is 0 Å². The van der Waals surface area contributed by atoms with Crippen LogP contribution < -0.4 is 4.74 Å². The number of carbonyl (C=O) groups excluding carboxylic acids is 1. The van der Waals surface area contributed by atoms with Gasteiger partial charge in [-0.25, -0.2) is 9.78 Å². The summed E-state index contributed by atoms with van der Waals surface area (Å²) in [7, 11) is 2.85. The molecule has 21 heavy (non-hydrogen) atoms. The SMILES string of the molecule is COC(=O)c1cnc(-c2ccc(OC(F)(F)F)cc2)n1C. The summed E-state index contributed by atoms with van der Waals surface area (Å²) in [5.74, 6) is -0.448. The third-order valence-electron chi connectivity index (χ3n) is 2.73. The van der Waals surface area contributed by atoms with Gasteiger partial charge in [0.05, 0.1) is 13.3 Å². The predicted molar refractivity (Wildman–Crippen MR) is 66.7 cm³/mol. The van der Waals surface area contributed by atoms with E-state index in [-0.39, 0.29) is 11.4 Å². The maximum atomic E-state index is 12.1. The number of imidazole rings is 1. The molecule has 0 atom stereocenters. The van der Waals surface area contributed by atoms with Gasteiger partial charge in [-0.05, 0) is 24.3 Å². The number of benzene rings is 1. The Morgan fingerprint density at radius 2 is 1.86 bits per heavy atom. The van der Waals surface area contributed by atoms with E-state index in [4.69, 9.17) is 0 Å². The van der Waals surface area contributed by atoms with Crippen LogP contribution in [0.2, 0.25) is 0 Å². The fraction of sp³-hybridized carbons (Fsp3) is 0.231. The Morgan fingerprint density at radius 3 is 2.38 bits per heavy atom. The molecule has 1 aromatic heterocycles. The maximum absolute atomic E-state index is 12.1. The van der Waals surface area contributed by atoms with E-state index in [1.165, 1.54) is 42.1 Å². The number of nitrogens with zero attached hydrogens (tertiary/aromatic N) is 2. The number of carbonyl (C=O) groups is 1. The summed E-state index contributed by atoms with van der Waals surface area (Å²) in [5, 5.41) is 0.